The minimum absolute atomic E-state index is 0.552. The molecule has 0 bridgehead atoms. The average Bonchev–Trinajstić information content (AvgIpc) is 2.74. The molecule has 0 saturated heterocycles. The molecule has 1 aliphatic rings. The lowest BCUT2D eigenvalue weighted by atomic mass is 10.2. The van der Waals surface area contributed by atoms with Crippen LogP contribution < -0.4 is 9.47 Å². The number of H-pyrrole nitrogens is 1. The van der Waals surface area contributed by atoms with Crippen LogP contribution in [-0.4, -0.2) is 33.8 Å². The number of ether oxygens (including phenoxy) is 2. The van der Waals surface area contributed by atoms with E-state index >= 15 is 0 Å². The largest absolute Gasteiger partial charge is 0.490 e. The molecule has 0 unspecified atom stereocenters. The molecule has 1 aromatic heterocycles. The number of nitrogens with zero attached hydrogens (tertiary/aromatic N) is 3. The van der Waals surface area contributed by atoms with Crippen LogP contribution in [0.4, 0.5) is 0 Å². The maximum absolute atomic E-state index is 5.58. The topological polar surface area (TPSA) is 72.9 Å². The molecule has 2 heterocycles. The van der Waals surface area contributed by atoms with Gasteiger partial charge in [0.1, 0.15) is 0 Å². The third-order valence-electron chi connectivity index (χ3n) is 2.35. The van der Waals surface area contributed by atoms with E-state index in [9.17, 15) is 0 Å². The van der Waals surface area contributed by atoms with E-state index in [0.29, 0.717) is 19.0 Å². The molecule has 2 aromatic rings. The second-order valence-corrected chi connectivity index (χ2v) is 3.45. The van der Waals surface area contributed by atoms with Gasteiger partial charge in [-0.05, 0) is 23.4 Å². The highest BCUT2D eigenvalue weighted by Crippen LogP contribution is 2.32. The predicted octanol–water partition coefficient (Wildman–Crippen LogP) is 1.03. The van der Waals surface area contributed by atoms with Crippen molar-refractivity contribution in [3.8, 4) is 22.9 Å². The summed E-state index contributed by atoms with van der Waals surface area (Å²) in [6, 6.07) is 5.62. The van der Waals surface area contributed by atoms with E-state index in [1.807, 2.05) is 18.2 Å². The molecule has 0 amide bonds. The Morgan fingerprint density at radius 3 is 2.81 bits per heavy atom. The maximum Gasteiger partial charge on any atom is 0.204 e. The third-order valence-corrected chi connectivity index (χ3v) is 2.35. The summed E-state index contributed by atoms with van der Waals surface area (Å²) in [6.45, 7) is 1.36. The Labute approximate surface area is 91.6 Å². The van der Waals surface area contributed by atoms with Crippen molar-refractivity contribution in [3.05, 3.63) is 18.2 Å². The highest BCUT2D eigenvalue weighted by atomic mass is 16.5. The van der Waals surface area contributed by atoms with Crippen LogP contribution in [0, 0.1) is 0 Å². The number of benzene rings is 1. The number of aromatic amines is 1. The van der Waals surface area contributed by atoms with Crippen molar-refractivity contribution >= 4 is 0 Å². The van der Waals surface area contributed by atoms with Crippen molar-refractivity contribution in [2.24, 2.45) is 0 Å². The second kappa shape index (κ2) is 3.80. The molecular weight excluding hydrogens is 208 g/mol. The van der Waals surface area contributed by atoms with Gasteiger partial charge in [0.05, 0.1) is 13.2 Å². The summed E-state index contributed by atoms with van der Waals surface area (Å²) < 4.78 is 11.1. The molecule has 0 radical (unpaired) electrons. The molecule has 0 fully saturated rings. The third kappa shape index (κ3) is 1.58. The van der Waals surface area contributed by atoms with E-state index in [4.69, 9.17) is 9.47 Å². The SMILES string of the molecule is c1cc2c(cc1-c1nn[nH]n1)OCCCO2. The number of aromatic nitrogens is 4. The molecule has 82 valence electrons. The van der Waals surface area contributed by atoms with Crippen molar-refractivity contribution in [2.75, 3.05) is 13.2 Å². The van der Waals surface area contributed by atoms with E-state index in [1.165, 1.54) is 0 Å². The summed E-state index contributed by atoms with van der Waals surface area (Å²) in [4.78, 5) is 0. The van der Waals surface area contributed by atoms with Gasteiger partial charge in [-0.3, -0.25) is 0 Å². The molecule has 1 N–H and O–H groups in total. The summed E-state index contributed by atoms with van der Waals surface area (Å²) in [5, 5.41) is 13.8. The molecule has 0 saturated carbocycles. The molecule has 0 aliphatic carbocycles. The van der Waals surface area contributed by atoms with Crippen molar-refractivity contribution < 1.29 is 9.47 Å². The lowest BCUT2D eigenvalue weighted by Crippen LogP contribution is -1.97. The van der Waals surface area contributed by atoms with Crippen LogP contribution in [0.15, 0.2) is 18.2 Å². The Kier molecular flexibility index (Phi) is 2.17. The lowest BCUT2D eigenvalue weighted by molar-refractivity contribution is 0.297. The highest BCUT2D eigenvalue weighted by molar-refractivity contribution is 5.60. The average molecular weight is 218 g/mol. The van der Waals surface area contributed by atoms with Gasteiger partial charge in [-0.15, -0.1) is 10.2 Å². The number of rotatable bonds is 1. The number of hydrogen-bond acceptors (Lipinski definition) is 5. The Morgan fingerprint density at radius 1 is 1.12 bits per heavy atom. The minimum atomic E-state index is 0.552. The zero-order valence-corrected chi connectivity index (χ0v) is 8.51. The van der Waals surface area contributed by atoms with Gasteiger partial charge >= 0.3 is 0 Å². The Bertz CT molecular complexity index is 484. The molecule has 16 heavy (non-hydrogen) atoms. The van der Waals surface area contributed by atoms with Gasteiger partial charge in [-0.1, -0.05) is 0 Å². The Balaban J connectivity index is 2.01. The van der Waals surface area contributed by atoms with E-state index in [1.54, 1.807) is 0 Å². The molecule has 1 aromatic carbocycles. The summed E-state index contributed by atoms with van der Waals surface area (Å²) in [5.41, 5.74) is 0.859. The van der Waals surface area contributed by atoms with Crippen molar-refractivity contribution in [1.29, 1.82) is 0 Å². The lowest BCUT2D eigenvalue weighted by Gasteiger charge is -2.07. The van der Waals surface area contributed by atoms with Crippen molar-refractivity contribution in [2.45, 2.75) is 6.42 Å². The summed E-state index contributed by atoms with van der Waals surface area (Å²) in [7, 11) is 0. The monoisotopic (exact) mass is 218 g/mol. The van der Waals surface area contributed by atoms with Crippen LogP contribution >= 0.6 is 0 Å². The van der Waals surface area contributed by atoms with Crippen LogP contribution in [-0.2, 0) is 0 Å². The number of hydrogen-bond donors (Lipinski definition) is 1. The summed E-state index contributed by atoms with van der Waals surface area (Å²) in [5.74, 6) is 2.06. The van der Waals surface area contributed by atoms with E-state index in [2.05, 4.69) is 20.6 Å². The number of nitrogens with one attached hydrogen (secondary N) is 1. The first-order chi connectivity index (χ1) is 7.93. The summed E-state index contributed by atoms with van der Waals surface area (Å²) >= 11 is 0. The molecule has 6 heteroatoms. The smallest absolute Gasteiger partial charge is 0.204 e. The molecule has 3 rings (SSSR count). The molecule has 1 aliphatic heterocycles. The van der Waals surface area contributed by atoms with Gasteiger partial charge in [0, 0.05) is 12.0 Å². The first-order valence-electron chi connectivity index (χ1n) is 5.07. The van der Waals surface area contributed by atoms with Crippen molar-refractivity contribution in [3.63, 3.8) is 0 Å². The zero-order chi connectivity index (χ0) is 10.8. The van der Waals surface area contributed by atoms with Crippen LogP contribution in [0.2, 0.25) is 0 Å². The van der Waals surface area contributed by atoms with E-state index in [-0.39, 0.29) is 0 Å². The van der Waals surface area contributed by atoms with Gasteiger partial charge in [0.15, 0.2) is 11.5 Å². The predicted molar refractivity (Wildman–Crippen MR) is 55.2 cm³/mol. The quantitative estimate of drug-likeness (QED) is 0.773. The fraction of sp³-hybridized carbons (Fsp3) is 0.300. The van der Waals surface area contributed by atoms with Gasteiger partial charge < -0.3 is 9.47 Å². The molecular formula is C10H10N4O2. The van der Waals surface area contributed by atoms with Gasteiger partial charge in [0.25, 0.3) is 0 Å². The van der Waals surface area contributed by atoms with E-state index in [0.717, 1.165) is 23.5 Å². The molecule has 6 nitrogen and oxygen atoms in total. The molecule has 0 spiro atoms. The Morgan fingerprint density at radius 2 is 2.00 bits per heavy atom. The van der Waals surface area contributed by atoms with Crippen LogP contribution in [0.5, 0.6) is 11.5 Å². The highest BCUT2D eigenvalue weighted by Gasteiger charge is 2.12. The summed E-state index contributed by atoms with van der Waals surface area (Å²) in [6.07, 6.45) is 0.895. The van der Waals surface area contributed by atoms with Gasteiger partial charge in [-0.25, -0.2) is 0 Å². The van der Waals surface area contributed by atoms with Gasteiger partial charge in [-0.2, -0.15) is 5.21 Å². The number of fused-ring (bicyclic) bond motifs is 1. The van der Waals surface area contributed by atoms with Crippen molar-refractivity contribution in [1.82, 2.24) is 20.6 Å². The van der Waals surface area contributed by atoms with Crippen LogP contribution in [0.1, 0.15) is 6.42 Å². The number of tetrazole rings is 1. The second-order valence-electron chi connectivity index (χ2n) is 3.45. The zero-order valence-electron chi connectivity index (χ0n) is 8.51. The fourth-order valence-corrected chi connectivity index (χ4v) is 1.59. The molecule has 0 atom stereocenters. The standard InChI is InChI=1S/C10H10N4O2/c1-4-15-8-3-2-7(6-9(8)16-5-1)10-11-13-14-12-10/h2-3,6H,1,4-5H2,(H,11,12,13,14). The fourth-order valence-electron chi connectivity index (χ4n) is 1.59. The van der Waals surface area contributed by atoms with Gasteiger partial charge in [0.2, 0.25) is 5.82 Å². The first-order valence-corrected chi connectivity index (χ1v) is 5.07. The minimum Gasteiger partial charge on any atom is -0.490 e. The Hall–Kier alpha value is -2.11. The normalized spacial score (nSPS) is 14.5. The van der Waals surface area contributed by atoms with E-state index < -0.39 is 0 Å². The first kappa shape index (κ1) is 9.14. The van der Waals surface area contributed by atoms with Crippen LogP contribution in [0.3, 0.4) is 0 Å². The maximum atomic E-state index is 5.58. The van der Waals surface area contributed by atoms with Crippen LogP contribution in [0.25, 0.3) is 11.4 Å².